The van der Waals surface area contributed by atoms with Crippen LogP contribution in [0.2, 0.25) is 0 Å². The molecule has 0 saturated carbocycles. The van der Waals surface area contributed by atoms with E-state index in [2.05, 4.69) is 10.5 Å². The summed E-state index contributed by atoms with van der Waals surface area (Å²) < 4.78 is 0. The molecule has 0 spiro atoms. The molecule has 1 aromatic rings. The normalized spacial score (nSPS) is 11.4. The Balaban J connectivity index is 0.00000172. The van der Waals surface area contributed by atoms with E-state index >= 15 is 0 Å². The van der Waals surface area contributed by atoms with Gasteiger partial charge in [0.15, 0.2) is 0 Å². The topological polar surface area (TPSA) is 105 Å². The van der Waals surface area contributed by atoms with Crippen molar-refractivity contribution >= 4 is 18.1 Å². The number of carbonyl (C=O) groups is 2. The van der Waals surface area contributed by atoms with Gasteiger partial charge in [-0.05, 0) is 17.5 Å². The maximum Gasteiger partial charge on any atom is 0.320 e. The van der Waals surface area contributed by atoms with Crippen LogP contribution in [0.1, 0.15) is 31.9 Å². The molecule has 0 aliphatic heterocycles. The largest absolute Gasteiger partial charge is 0.480 e. The number of nitrogens with two attached hydrogens (primary N) is 1. The molecule has 0 aliphatic rings. The fraction of sp³-hybridized carbons (Fsp3) is 0.357. The molecule has 6 heteroatoms. The van der Waals surface area contributed by atoms with E-state index in [1.54, 1.807) is 24.3 Å². The minimum absolute atomic E-state index is 0.240. The summed E-state index contributed by atoms with van der Waals surface area (Å²) in [5.41, 5.74) is 9.35. The van der Waals surface area contributed by atoms with E-state index in [0.717, 1.165) is 11.1 Å². The number of carboxylic acids is 1. The van der Waals surface area contributed by atoms with Crippen molar-refractivity contribution in [1.82, 2.24) is 5.43 Å². The molecule has 0 aromatic heterocycles. The molecule has 4 N–H and O–H groups in total. The van der Waals surface area contributed by atoms with Crippen LogP contribution < -0.4 is 11.2 Å². The lowest BCUT2D eigenvalue weighted by Crippen LogP contribution is -2.32. The first-order chi connectivity index (χ1) is 9.49. The van der Waals surface area contributed by atoms with Gasteiger partial charge in [0.25, 0.3) is 0 Å². The zero-order valence-electron chi connectivity index (χ0n) is 12.0. The summed E-state index contributed by atoms with van der Waals surface area (Å²) in [6, 6.07) is 6.20. The number of aliphatic carboxylic acids is 1. The molecule has 1 unspecified atom stereocenters. The van der Waals surface area contributed by atoms with E-state index < -0.39 is 12.0 Å². The molecule has 20 heavy (non-hydrogen) atoms. The van der Waals surface area contributed by atoms with Gasteiger partial charge in [0.1, 0.15) is 6.04 Å². The van der Waals surface area contributed by atoms with Crippen LogP contribution >= 0.6 is 0 Å². The van der Waals surface area contributed by atoms with E-state index in [4.69, 9.17) is 10.8 Å². The lowest BCUT2D eigenvalue weighted by atomic mass is 10.1. The Morgan fingerprint density at radius 1 is 1.35 bits per heavy atom. The molecule has 6 nitrogen and oxygen atoms in total. The predicted octanol–water partition coefficient (Wildman–Crippen LogP) is 1.14. The Labute approximate surface area is 118 Å². The fourth-order valence-corrected chi connectivity index (χ4v) is 1.28. The number of benzene rings is 1. The molecule has 1 rings (SSSR count). The van der Waals surface area contributed by atoms with Gasteiger partial charge in [0, 0.05) is 6.92 Å². The monoisotopic (exact) mass is 279 g/mol. The number of nitrogens with zero attached hydrogens (tertiary/aromatic N) is 1. The molecule has 0 aliphatic carbocycles. The Kier molecular flexibility index (Phi) is 8.61. The van der Waals surface area contributed by atoms with Crippen molar-refractivity contribution in [2.75, 3.05) is 0 Å². The van der Waals surface area contributed by atoms with E-state index in [1.165, 1.54) is 13.1 Å². The zero-order chi connectivity index (χ0) is 15.5. The summed E-state index contributed by atoms with van der Waals surface area (Å²) in [4.78, 5) is 21.2. The Hall–Kier alpha value is -2.21. The van der Waals surface area contributed by atoms with E-state index in [-0.39, 0.29) is 12.3 Å². The van der Waals surface area contributed by atoms with Gasteiger partial charge in [-0.3, -0.25) is 9.59 Å². The molecule has 0 heterocycles. The summed E-state index contributed by atoms with van der Waals surface area (Å²) in [7, 11) is 0. The first kappa shape index (κ1) is 17.8. The van der Waals surface area contributed by atoms with E-state index in [0.29, 0.717) is 0 Å². The van der Waals surface area contributed by atoms with Crippen molar-refractivity contribution in [3.63, 3.8) is 0 Å². The molecule has 1 atom stereocenters. The Morgan fingerprint density at radius 3 is 2.35 bits per heavy atom. The second kappa shape index (κ2) is 9.69. The third kappa shape index (κ3) is 7.27. The highest BCUT2D eigenvalue weighted by Gasteiger charge is 2.11. The van der Waals surface area contributed by atoms with Gasteiger partial charge >= 0.3 is 5.97 Å². The molecule has 110 valence electrons. The molecule has 1 aromatic carbocycles. The van der Waals surface area contributed by atoms with Crippen LogP contribution in [0, 0.1) is 0 Å². The zero-order valence-corrected chi connectivity index (χ0v) is 12.0. The number of hydrogen-bond acceptors (Lipinski definition) is 4. The van der Waals surface area contributed by atoms with Crippen LogP contribution in [0.25, 0.3) is 0 Å². The average molecular weight is 279 g/mol. The van der Waals surface area contributed by atoms with Gasteiger partial charge in [0.2, 0.25) is 5.91 Å². The SMILES string of the molecule is CC.CC(=O)N/N=C/c1ccc(CC(N)C(=O)O)cc1. The average Bonchev–Trinajstić information content (AvgIpc) is 2.42. The van der Waals surface area contributed by atoms with Crippen molar-refractivity contribution in [3.05, 3.63) is 35.4 Å². The van der Waals surface area contributed by atoms with Crippen molar-refractivity contribution in [2.45, 2.75) is 33.2 Å². The van der Waals surface area contributed by atoms with Crippen LogP contribution in [-0.4, -0.2) is 29.2 Å². The Morgan fingerprint density at radius 2 is 1.90 bits per heavy atom. The first-order valence-electron chi connectivity index (χ1n) is 6.36. The van der Waals surface area contributed by atoms with Crippen molar-refractivity contribution in [1.29, 1.82) is 0 Å². The number of rotatable bonds is 5. The minimum Gasteiger partial charge on any atom is -0.480 e. The summed E-state index contributed by atoms with van der Waals surface area (Å²) in [5.74, 6) is -1.26. The summed E-state index contributed by atoms with van der Waals surface area (Å²) >= 11 is 0. The molecule has 0 saturated heterocycles. The summed E-state index contributed by atoms with van der Waals surface area (Å²) in [6.45, 7) is 5.37. The molecule has 0 fully saturated rings. The summed E-state index contributed by atoms with van der Waals surface area (Å²) in [5, 5.41) is 12.4. The van der Waals surface area contributed by atoms with E-state index in [9.17, 15) is 9.59 Å². The van der Waals surface area contributed by atoms with Crippen molar-refractivity contribution in [3.8, 4) is 0 Å². The fourth-order valence-electron chi connectivity index (χ4n) is 1.28. The Bertz CT molecular complexity index is 455. The standard InChI is InChI=1S/C12H15N3O3.C2H6/c1-8(16)15-14-7-10-4-2-9(3-5-10)6-11(13)12(17)18;1-2/h2-5,7,11H,6,13H2,1H3,(H,15,16)(H,17,18);1-2H3/b14-7+;. The van der Waals surface area contributed by atoms with Gasteiger partial charge < -0.3 is 10.8 Å². The maximum atomic E-state index is 10.6. The van der Waals surface area contributed by atoms with E-state index in [1.807, 2.05) is 13.8 Å². The van der Waals surface area contributed by atoms with Crippen LogP contribution in [0.4, 0.5) is 0 Å². The van der Waals surface area contributed by atoms with Crippen molar-refractivity contribution in [2.24, 2.45) is 10.8 Å². The van der Waals surface area contributed by atoms with Gasteiger partial charge in [-0.1, -0.05) is 38.1 Å². The van der Waals surface area contributed by atoms with Gasteiger partial charge in [-0.2, -0.15) is 5.10 Å². The number of hydrazone groups is 1. The molecule has 1 amide bonds. The lowest BCUT2D eigenvalue weighted by Gasteiger charge is -2.06. The van der Waals surface area contributed by atoms with Gasteiger partial charge in [-0.15, -0.1) is 0 Å². The smallest absolute Gasteiger partial charge is 0.320 e. The number of hydrogen-bond donors (Lipinski definition) is 3. The maximum absolute atomic E-state index is 10.6. The third-order valence-corrected chi connectivity index (χ3v) is 2.19. The first-order valence-corrected chi connectivity index (χ1v) is 6.36. The predicted molar refractivity (Wildman–Crippen MR) is 78.5 cm³/mol. The second-order valence-electron chi connectivity index (χ2n) is 3.82. The molecular weight excluding hydrogens is 258 g/mol. The second-order valence-corrected chi connectivity index (χ2v) is 3.82. The lowest BCUT2D eigenvalue weighted by molar-refractivity contribution is -0.138. The van der Waals surface area contributed by atoms with Crippen LogP contribution in [0.5, 0.6) is 0 Å². The quantitative estimate of drug-likeness (QED) is 0.555. The van der Waals surface area contributed by atoms with Crippen LogP contribution in [0.3, 0.4) is 0 Å². The van der Waals surface area contributed by atoms with Gasteiger partial charge in [0.05, 0.1) is 6.21 Å². The highest BCUT2D eigenvalue weighted by Crippen LogP contribution is 2.05. The summed E-state index contributed by atoms with van der Waals surface area (Å²) in [6.07, 6.45) is 1.78. The molecule has 0 radical (unpaired) electrons. The number of amides is 1. The number of carboxylic acid groups (broad SMARTS) is 1. The highest BCUT2D eigenvalue weighted by molar-refractivity contribution is 5.81. The number of carbonyl (C=O) groups excluding carboxylic acids is 1. The van der Waals surface area contributed by atoms with Gasteiger partial charge in [-0.25, -0.2) is 5.43 Å². The van der Waals surface area contributed by atoms with Crippen LogP contribution in [0.15, 0.2) is 29.4 Å². The number of nitrogens with one attached hydrogen (secondary N) is 1. The van der Waals surface area contributed by atoms with Crippen LogP contribution in [-0.2, 0) is 16.0 Å². The molecule has 0 bridgehead atoms. The molecular formula is C14H21N3O3. The van der Waals surface area contributed by atoms with Crippen molar-refractivity contribution < 1.29 is 14.7 Å². The minimum atomic E-state index is -1.02. The highest BCUT2D eigenvalue weighted by atomic mass is 16.4. The third-order valence-electron chi connectivity index (χ3n) is 2.19.